The molecular formula is C11H19NOS. The van der Waals surface area contributed by atoms with Gasteiger partial charge in [-0.25, -0.2) is 0 Å². The minimum absolute atomic E-state index is 0.214. The maximum atomic E-state index is 9.08. The normalized spacial score (nSPS) is 15.4. The van der Waals surface area contributed by atoms with E-state index in [0.29, 0.717) is 6.04 Å². The van der Waals surface area contributed by atoms with Crippen LogP contribution in [-0.2, 0) is 0 Å². The topological polar surface area (TPSA) is 32.3 Å². The molecule has 2 N–H and O–H groups in total. The third-order valence-electron chi connectivity index (χ3n) is 2.49. The first-order valence-electron chi connectivity index (χ1n) is 5.10. The number of hydrogen-bond acceptors (Lipinski definition) is 3. The van der Waals surface area contributed by atoms with Gasteiger partial charge in [0.05, 0.1) is 6.61 Å². The maximum Gasteiger partial charge on any atom is 0.0584 e. The zero-order valence-electron chi connectivity index (χ0n) is 9.08. The van der Waals surface area contributed by atoms with Crippen LogP contribution in [0.4, 0.5) is 0 Å². The van der Waals surface area contributed by atoms with E-state index < -0.39 is 0 Å². The molecule has 14 heavy (non-hydrogen) atoms. The molecule has 1 aromatic rings. The number of rotatable bonds is 5. The van der Waals surface area contributed by atoms with Crippen LogP contribution in [0.5, 0.6) is 0 Å². The van der Waals surface area contributed by atoms with Crippen molar-refractivity contribution >= 4 is 11.3 Å². The Bertz CT molecular complexity index is 268. The summed E-state index contributed by atoms with van der Waals surface area (Å²) in [5.41, 5.74) is 1.34. The standard InChI is InChI=1S/C11H19NOS/c1-4-10(7-13)12-9(3)11-8(2)5-6-14-11/h5-6,9-10,12-13H,4,7H2,1-3H3/t9?,10-/m0/s1. The van der Waals surface area contributed by atoms with Crippen molar-refractivity contribution in [1.29, 1.82) is 0 Å². The molecule has 1 unspecified atom stereocenters. The van der Waals surface area contributed by atoms with Gasteiger partial charge in [-0.1, -0.05) is 6.92 Å². The first-order valence-corrected chi connectivity index (χ1v) is 5.97. The second-order valence-electron chi connectivity index (χ2n) is 3.64. The van der Waals surface area contributed by atoms with Gasteiger partial charge in [0.1, 0.15) is 0 Å². The van der Waals surface area contributed by atoms with Crippen LogP contribution in [0.25, 0.3) is 0 Å². The Labute approximate surface area is 90.0 Å². The number of aryl methyl sites for hydroxylation is 1. The molecule has 0 aliphatic heterocycles. The van der Waals surface area contributed by atoms with Crippen molar-refractivity contribution in [2.75, 3.05) is 6.61 Å². The molecule has 3 heteroatoms. The monoisotopic (exact) mass is 213 g/mol. The Morgan fingerprint density at radius 3 is 2.71 bits per heavy atom. The lowest BCUT2D eigenvalue weighted by Gasteiger charge is -2.20. The Kier molecular flexibility index (Phi) is 4.58. The van der Waals surface area contributed by atoms with Gasteiger partial charge >= 0.3 is 0 Å². The molecule has 2 nitrogen and oxygen atoms in total. The van der Waals surface area contributed by atoms with Crippen molar-refractivity contribution in [1.82, 2.24) is 5.32 Å². The van der Waals surface area contributed by atoms with Gasteiger partial charge in [-0.05, 0) is 37.3 Å². The minimum atomic E-state index is 0.214. The van der Waals surface area contributed by atoms with Crippen LogP contribution in [0.3, 0.4) is 0 Å². The second kappa shape index (κ2) is 5.49. The molecule has 0 amide bonds. The largest absolute Gasteiger partial charge is 0.395 e. The minimum Gasteiger partial charge on any atom is -0.395 e. The highest BCUT2D eigenvalue weighted by atomic mass is 32.1. The fourth-order valence-electron chi connectivity index (χ4n) is 1.56. The lowest BCUT2D eigenvalue weighted by atomic mass is 10.1. The van der Waals surface area contributed by atoms with Crippen LogP contribution in [0.2, 0.25) is 0 Å². The summed E-state index contributed by atoms with van der Waals surface area (Å²) in [5, 5.41) is 14.6. The van der Waals surface area contributed by atoms with Crippen molar-refractivity contribution in [2.24, 2.45) is 0 Å². The van der Waals surface area contributed by atoms with Crippen LogP contribution in [0.15, 0.2) is 11.4 Å². The number of aliphatic hydroxyl groups is 1. The average Bonchev–Trinajstić information content (AvgIpc) is 2.60. The quantitative estimate of drug-likeness (QED) is 0.787. The third-order valence-corrected chi connectivity index (χ3v) is 3.70. The highest BCUT2D eigenvalue weighted by Crippen LogP contribution is 2.23. The lowest BCUT2D eigenvalue weighted by Crippen LogP contribution is -2.33. The SMILES string of the molecule is CC[C@@H](CO)NC(C)c1sccc1C. The predicted octanol–water partition coefficient (Wildman–Crippen LogP) is 2.48. The average molecular weight is 213 g/mol. The van der Waals surface area contributed by atoms with E-state index in [9.17, 15) is 0 Å². The highest BCUT2D eigenvalue weighted by Gasteiger charge is 2.13. The van der Waals surface area contributed by atoms with E-state index in [1.807, 2.05) is 0 Å². The van der Waals surface area contributed by atoms with E-state index in [0.717, 1.165) is 6.42 Å². The predicted molar refractivity (Wildman–Crippen MR) is 61.8 cm³/mol. The van der Waals surface area contributed by atoms with Crippen LogP contribution in [0.1, 0.15) is 36.8 Å². The summed E-state index contributed by atoms with van der Waals surface area (Å²) in [6, 6.07) is 2.69. The van der Waals surface area contributed by atoms with Crippen molar-refractivity contribution in [3.63, 3.8) is 0 Å². The van der Waals surface area contributed by atoms with E-state index in [1.54, 1.807) is 11.3 Å². The molecule has 0 radical (unpaired) electrons. The summed E-state index contributed by atoms with van der Waals surface area (Å²) < 4.78 is 0. The summed E-state index contributed by atoms with van der Waals surface area (Å²) in [6.07, 6.45) is 0.964. The summed E-state index contributed by atoms with van der Waals surface area (Å²) in [4.78, 5) is 1.37. The molecule has 0 aliphatic carbocycles. The smallest absolute Gasteiger partial charge is 0.0584 e. The number of nitrogens with one attached hydrogen (secondary N) is 1. The molecule has 0 bridgehead atoms. The maximum absolute atomic E-state index is 9.08. The molecule has 1 heterocycles. The van der Waals surface area contributed by atoms with E-state index in [4.69, 9.17) is 5.11 Å². The van der Waals surface area contributed by atoms with Crippen LogP contribution >= 0.6 is 11.3 Å². The molecule has 2 atom stereocenters. The third kappa shape index (κ3) is 2.80. The van der Waals surface area contributed by atoms with Gasteiger partial charge in [0, 0.05) is 17.0 Å². The number of aliphatic hydroxyl groups excluding tert-OH is 1. The van der Waals surface area contributed by atoms with Gasteiger partial charge in [-0.15, -0.1) is 11.3 Å². The molecule has 0 fully saturated rings. The van der Waals surface area contributed by atoms with E-state index in [1.165, 1.54) is 10.4 Å². The number of hydrogen-bond donors (Lipinski definition) is 2. The highest BCUT2D eigenvalue weighted by molar-refractivity contribution is 7.10. The Balaban J connectivity index is 2.58. The molecule has 1 rings (SSSR count). The second-order valence-corrected chi connectivity index (χ2v) is 4.59. The molecule has 0 aromatic carbocycles. The van der Waals surface area contributed by atoms with E-state index >= 15 is 0 Å². The Morgan fingerprint density at radius 1 is 1.57 bits per heavy atom. The first kappa shape index (κ1) is 11.7. The molecule has 1 aromatic heterocycles. The summed E-state index contributed by atoms with van der Waals surface area (Å²) in [7, 11) is 0. The van der Waals surface area contributed by atoms with Crippen molar-refractivity contribution in [2.45, 2.75) is 39.3 Å². The molecular weight excluding hydrogens is 194 g/mol. The van der Waals surface area contributed by atoms with Crippen molar-refractivity contribution < 1.29 is 5.11 Å². The summed E-state index contributed by atoms with van der Waals surface area (Å²) >= 11 is 1.78. The fraction of sp³-hybridized carbons (Fsp3) is 0.636. The molecule has 0 aliphatic rings. The lowest BCUT2D eigenvalue weighted by molar-refractivity contribution is 0.230. The Morgan fingerprint density at radius 2 is 2.29 bits per heavy atom. The zero-order valence-corrected chi connectivity index (χ0v) is 9.90. The van der Waals surface area contributed by atoms with Gasteiger partial charge in [-0.2, -0.15) is 0 Å². The molecule has 0 saturated carbocycles. The molecule has 0 spiro atoms. The van der Waals surface area contributed by atoms with Gasteiger partial charge in [-0.3, -0.25) is 0 Å². The van der Waals surface area contributed by atoms with Crippen molar-refractivity contribution in [3.8, 4) is 0 Å². The van der Waals surface area contributed by atoms with Crippen LogP contribution < -0.4 is 5.32 Å². The fourth-order valence-corrected chi connectivity index (χ4v) is 2.50. The molecule has 0 saturated heterocycles. The van der Waals surface area contributed by atoms with Crippen LogP contribution in [0, 0.1) is 6.92 Å². The van der Waals surface area contributed by atoms with E-state index in [-0.39, 0.29) is 12.6 Å². The van der Waals surface area contributed by atoms with Gasteiger partial charge in [0.2, 0.25) is 0 Å². The number of thiophene rings is 1. The molecule has 80 valence electrons. The van der Waals surface area contributed by atoms with Gasteiger partial charge in [0.25, 0.3) is 0 Å². The first-order chi connectivity index (χ1) is 6.69. The Hall–Kier alpha value is -0.380. The van der Waals surface area contributed by atoms with Gasteiger partial charge < -0.3 is 10.4 Å². The summed E-state index contributed by atoms with van der Waals surface area (Å²) in [5.74, 6) is 0. The van der Waals surface area contributed by atoms with E-state index in [2.05, 4.69) is 37.5 Å². The summed E-state index contributed by atoms with van der Waals surface area (Å²) in [6.45, 7) is 6.58. The van der Waals surface area contributed by atoms with Crippen LogP contribution in [-0.4, -0.2) is 17.8 Å². The van der Waals surface area contributed by atoms with Gasteiger partial charge in [0.15, 0.2) is 0 Å². The van der Waals surface area contributed by atoms with Crippen molar-refractivity contribution in [3.05, 3.63) is 21.9 Å². The zero-order chi connectivity index (χ0) is 10.6.